The lowest BCUT2D eigenvalue weighted by atomic mass is 9.63. The summed E-state index contributed by atoms with van der Waals surface area (Å²) >= 11 is 7.33. The summed E-state index contributed by atoms with van der Waals surface area (Å²) < 4.78 is 0.321. The fourth-order valence-electron chi connectivity index (χ4n) is 4.39. The maximum Gasteiger partial charge on any atom is 0.0703 e. The molecule has 4 atom stereocenters. The standard InChI is InChI=1S/C18H22Br2O/c1-18-8-7-14(12-5-3-2-4-6-12)15(10-17(19)20)16(18)9-13(21)11-18/h2-7,13,15-17,21H,8-11H2,1H3/t13-,15?,16+,18-/m1/s1. The van der Waals surface area contributed by atoms with E-state index >= 15 is 0 Å². The van der Waals surface area contributed by atoms with Crippen molar-refractivity contribution in [3.05, 3.63) is 42.0 Å². The Morgan fingerprint density at radius 1 is 1.29 bits per heavy atom. The van der Waals surface area contributed by atoms with Crippen LogP contribution < -0.4 is 0 Å². The minimum Gasteiger partial charge on any atom is -0.393 e. The number of fused-ring (bicyclic) bond motifs is 1. The molecule has 0 heterocycles. The van der Waals surface area contributed by atoms with Gasteiger partial charge in [0.2, 0.25) is 0 Å². The fraction of sp³-hybridized carbons (Fsp3) is 0.556. The summed E-state index contributed by atoms with van der Waals surface area (Å²) in [6, 6.07) is 10.7. The second-order valence-corrected chi connectivity index (χ2v) is 10.3. The number of allylic oxidation sites excluding steroid dienone is 2. The Balaban J connectivity index is 1.97. The van der Waals surface area contributed by atoms with Crippen LogP contribution in [0.3, 0.4) is 0 Å². The number of aliphatic hydroxyl groups excluding tert-OH is 1. The molecule has 3 heteroatoms. The Bertz CT molecular complexity index is 525. The molecule has 0 bridgehead atoms. The molecule has 0 aliphatic heterocycles. The van der Waals surface area contributed by atoms with Gasteiger partial charge in [0.25, 0.3) is 0 Å². The van der Waals surface area contributed by atoms with Crippen LogP contribution in [0.2, 0.25) is 0 Å². The van der Waals surface area contributed by atoms with Crippen molar-refractivity contribution in [2.45, 2.75) is 42.4 Å². The molecule has 1 unspecified atom stereocenters. The maximum absolute atomic E-state index is 10.2. The first-order valence-corrected chi connectivity index (χ1v) is 9.54. The van der Waals surface area contributed by atoms with E-state index in [4.69, 9.17) is 0 Å². The van der Waals surface area contributed by atoms with Crippen molar-refractivity contribution in [1.82, 2.24) is 0 Å². The SMILES string of the molecule is C[C@]12CC=C(c3ccccc3)C(CC(Br)Br)[C@@H]1C[C@@H](O)C2. The Hall–Kier alpha value is -0.120. The van der Waals surface area contributed by atoms with Crippen LogP contribution in [0.25, 0.3) is 5.57 Å². The topological polar surface area (TPSA) is 20.2 Å². The van der Waals surface area contributed by atoms with Gasteiger partial charge in [0.15, 0.2) is 0 Å². The number of alkyl halides is 2. The minimum atomic E-state index is -0.130. The molecular weight excluding hydrogens is 392 g/mol. The first kappa shape index (κ1) is 15.8. The summed E-state index contributed by atoms with van der Waals surface area (Å²) in [5.41, 5.74) is 3.07. The molecule has 21 heavy (non-hydrogen) atoms. The maximum atomic E-state index is 10.2. The average molecular weight is 414 g/mol. The van der Waals surface area contributed by atoms with Crippen molar-refractivity contribution in [3.63, 3.8) is 0 Å². The molecule has 2 aliphatic carbocycles. The van der Waals surface area contributed by atoms with Gasteiger partial charge in [-0.3, -0.25) is 0 Å². The van der Waals surface area contributed by atoms with Crippen LogP contribution in [-0.4, -0.2) is 14.9 Å². The Kier molecular flexibility index (Phi) is 4.63. The van der Waals surface area contributed by atoms with Gasteiger partial charge in [0.05, 0.1) is 9.84 Å². The van der Waals surface area contributed by atoms with Crippen LogP contribution in [0, 0.1) is 17.3 Å². The molecule has 1 fully saturated rings. The van der Waals surface area contributed by atoms with Crippen molar-refractivity contribution in [3.8, 4) is 0 Å². The molecule has 0 amide bonds. The van der Waals surface area contributed by atoms with E-state index < -0.39 is 0 Å². The molecule has 1 saturated carbocycles. The molecule has 1 aromatic carbocycles. The van der Waals surface area contributed by atoms with Crippen molar-refractivity contribution in [1.29, 1.82) is 0 Å². The normalized spacial score (nSPS) is 35.7. The zero-order valence-corrected chi connectivity index (χ0v) is 15.5. The smallest absolute Gasteiger partial charge is 0.0703 e. The molecule has 1 N–H and O–H groups in total. The van der Waals surface area contributed by atoms with E-state index in [1.165, 1.54) is 11.1 Å². The number of hydrogen-bond acceptors (Lipinski definition) is 1. The zero-order chi connectivity index (χ0) is 15.0. The monoisotopic (exact) mass is 412 g/mol. The van der Waals surface area contributed by atoms with E-state index in [0.717, 1.165) is 25.7 Å². The molecule has 0 spiro atoms. The molecule has 0 saturated heterocycles. The third-order valence-electron chi connectivity index (χ3n) is 5.34. The van der Waals surface area contributed by atoms with Crippen molar-refractivity contribution < 1.29 is 5.11 Å². The number of aliphatic hydroxyl groups is 1. The van der Waals surface area contributed by atoms with Crippen LogP contribution in [0.5, 0.6) is 0 Å². The van der Waals surface area contributed by atoms with Crippen LogP contribution in [0.4, 0.5) is 0 Å². The average Bonchev–Trinajstić information content (AvgIpc) is 2.74. The highest BCUT2D eigenvalue weighted by atomic mass is 79.9. The van der Waals surface area contributed by atoms with E-state index in [9.17, 15) is 5.11 Å². The van der Waals surface area contributed by atoms with Crippen LogP contribution in [-0.2, 0) is 0 Å². The number of hydrogen-bond donors (Lipinski definition) is 1. The van der Waals surface area contributed by atoms with Gasteiger partial charge in [-0.2, -0.15) is 0 Å². The lowest BCUT2D eigenvalue weighted by Crippen LogP contribution is -2.33. The second kappa shape index (κ2) is 6.17. The third kappa shape index (κ3) is 3.16. The summed E-state index contributed by atoms with van der Waals surface area (Å²) in [7, 11) is 0. The highest BCUT2D eigenvalue weighted by Gasteiger charge is 2.49. The fourth-order valence-corrected chi connectivity index (χ4v) is 5.20. The molecule has 3 rings (SSSR count). The largest absolute Gasteiger partial charge is 0.393 e. The van der Waals surface area contributed by atoms with Gasteiger partial charge in [-0.25, -0.2) is 0 Å². The summed E-state index contributed by atoms with van der Waals surface area (Å²) in [5, 5.41) is 10.2. The first-order valence-electron chi connectivity index (χ1n) is 7.71. The Labute approximate surface area is 144 Å². The molecular formula is C18H22Br2O. The van der Waals surface area contributed by atoms with E-state index in [1.807, 2.05) is 0 Å². The first-order chi connectivity index (χ1) is 9.99. The van der Waals surface area contributed by atoms with Gasteiger partial charge in [0.1, 0.15) is 0 Å². The summed E-state index contributed by atoms with van der Waals surface area (Å²) in [6.07, 6.45) is 6.34. The van der Waals surface area contributed by atoms with Gasteiger partial charge >= 0.3 is 0 Å². The quantitative estimate of drug-likeness (QED) is 0.660. The summed E-state index contributed by atoms with van der Waals surface area (Å²) in [5.74, 6) is 1.08. The van der Waals surface area contributed by atoms with E-state index in [-0.39, 0.29) is 11.5 Å². The van der Waals surface area contributed by atoms with Crippen LogP contribution in [0.1, 0.15) is 38.2 Å². The van der Waals surface area contributed by atoms with Gasteiger partial charge in [0, 0.05) is 0 Å². The van der Waals surface area contributed by atoms with Gasteiger partial charge in [-0.05, 0) is 54.1 Å². The number of rotatable bonds is 3. The lowest BCUT2D eigenvalue weighted by molar-refractivity contribution is 0.158. The zero-order valence-electron chi connectivity index (χ0n) is 12.3. The highest BCUT2D eigenvalue weighted by molar-refractivity contribution is 9.24. The predicted octanol–water partition coefficient (Wildman–Crippen LogP) is 5.37. The van der Waals surface area contributed by atoms with Crippen LogP contribution >= 0.6 is 31.9 Å². The molecule has 0 radical (unpaired) electrons. The lowest BCUT2D eigenvalue weighted by Gasteiger charge is -2.42. The molecule has 2 aliphatic rings. The van der Waals surface area contributed by atoms with Gasteiger partial charge in [-0.1, -0.05) is 75.2 Å². The summed E-state index contributed by atoms with van der Waals surface area (Å²) in [4.78, 5) is 0. The second-order valence-electron chi connectivity index (χ2n) is 6.82. The van der Waals surface area contributed by atoms with Crippen molar-refractivity contribution in [2.75, 3.05) is 0 Å². The van der Waals surface area contributed by atoms with Gasteiger partial charge in [-0.15, -0.1) is 0 Å². The van der Waals surface area contributed by atoms with E-state index in [2.05, 4.69) is 75.2 Å². The van der Waals surface area contributed by atoms with Crippen molar-refractivity contribution >= 4 is 37.4 Å². The molecule has 1 nitrogen and oxygen atoms in total. The number of benzene rings is 1. The Morgan fingerprint density at radius 2 is 2.00 bits per heavy atom. The number of halogens is 2. The minimum absolute atomic E-state index is 0.130. The van der Waals surface area contributed by atoms with Crippen LogP contribution in [0.15, 0.2) is 36.4 Å². The van der Waals surface area contributed by atoms with Crippen molar-refractivity contribution in [2.24, 2.45) is 17.3 Å². The van der Waals surface area contributed by atoms with Gasteiger partial charge < -0.3 is 5.11 Å². The highest BCUT2D eigenvalue weighted by Crippen LogP contribution is 2.57. The summed E-state index contributed by atoms with van der Waals surface area (Å²) in [6.45, 7) is 2.36. The molecule has 1 aromatic rings. The Morgan fingerprint density at radius 3 is 2.67 bits per heavy atom. The molecule has 114 valence electrons. The third-order valence-corrected chi connectivity index (χ3v) is 6.08. The molecule has 0 aromatic heterocycles. The van der Waals surface area contributed by atoms with E-state index in [0.29, 0.717) is 15.6 Å². The van der Waals surface area contributed by atoms with E-state index in [1.54, 1.807) is 0 Å². The predicted molar refractivity (Wildman–Crippen MR) is 95.6 cm³/mol.